The Balaban J connectivity index is 1.49. The van der Waals surface area contributed by atoms with Gasteiger partial charge in [0, 0.05) is 5.69 Å². The first-order valence-corrected chi connectivity index (χ1v) is 11.2. The average Bonchev–Trinajstić information content (AvgIpc) is 3.31. The number of aryl methyl sites for hydroxylation is 1. The number of carbonyl (C=O) groups is 1. The molecule has 0 saturated heterocycles. The number of ether oxygens (including phenoxy) is 1. The molecule has 0 bridgehead atoms. The van der Waals surface area contributed by atoms with E-state index in [0.717, 1.165) is 31.4 Å². The van der Waals surface area contributed by atoms with E-state index < -0.39 is 15.9 Å². The predicted molar refractivity (Wildman–Crippen MR) is 105 cm³/mol. The Hall–Kier alpha value is -2.39. The van der Waals surface area contributed by atoms with Crippen molar-refractivity contribution in [1.29, 1.82) is 0 Å². The summed E-state index contributed by atoms with van der Waals surface area (Å²) >= 11 is 0. The quantitative estimate of drug-likeness (QED) is 0.806. The fourth-order valence-electron chi connectivity index (χ4n) is 4.56. The Morgan fingerprint density at radius 3 is 3.00 bits per heavy atom. The third-order valence-electron chi connectivity index (χ3n) is 5.91. The van der Waals surface area contributed by atoms with Crippen LogP contribution in [-0.2, 0) is 29.2 Å². The van der Waals surface area contributed by atoms with Crippen molar-refractivity contribution in [2.75, 3.05) is 11.9 Å². The number of rotatable bonds is 2. The fraction of sp³-hybridized carbons (Fsp3) is 0.474. The molecule has 8 nitrogen and oxygen atoms in total. The third kappa shape index (κ3) is 2.56. The zero-order valence-corrected chi connectivity index (χ0v) is 16.7. The van der Waals surface area contributed by atoms with Gasteiger partial charge in [-0.25, -0.2) is 18.8 Å². The molecule has 2 aliphatic carbocycles. The van der Waals surface area contributed by atoms with E-state index in [4.69, 9.17) is 9.88 Å². The van der Waals surface area contributed by atoms with Crippen molar-refractivity contribution in [3.63, 3.8) is 0 Å². The van der Waals surface area contributed by atoms with E-state index in [0.29, 0.717) is 18.4 Å². The topological polar surface area (TPSA) is 112 Å². The molecule has 9 heteroatoms. The van der Waals surface area contributed by atoms with Crippen LogP contribution < -0.4 is 15.2 Å². The summed E-state index contributed by atoms with van der Waals surface area (Å²) in [7, 11) is -3.46. The van der Waals surface area contributed by atoms with Gasteiger partial charge in [-0.15, -0.1) is 4.36 Å². The van der Waals surface area contributed by atoms with Crippen LogP contribution in [0.4, 0.5) is 10.5 Å². The first-order chi connectivity index (χ1) is 13.3. The molecule has 0 fully saturated rings. The smallest absolute Gasteiger partial charge is 0.354 e. The molecule has 3 atom stereocenters. The predicted octanol–water partition coefficient (Wildman–Crippen LogP) is 2.92. The number of hydrogen-bond donors (Lipinski definition) is 2. The highest BCUT2D eigenvalue weighted by molar-refractivity contribution is 7.91. The van der Waals surface area contributed by atoms with Crippen LogP contribution in [0, 0.1) is 0 Å². The largest absolute Gasteiger partial charge is 0.475 e. The number of fused-ring (bicyclic) bond motifs is 3. The summed E-state index contributed by atoms with van der Waals surface area (Å²) in [4.78, 5) is 12.8. The number of nitrogens with two attached hydrogens (primary N) is 1. The lowest BCUT2D eigenvalue weighted by Crippen LogP contribution is -2.23. The van der Waals surface area contributed by atoms with Crippen LogP contribution in [0.15, 0.2) is 21.5 Å². The monoisotopic (exact) mass is 401 g/mol. The highest BCUT2D eigenvalue weighted by Crippen LogP contribution is 2.45. The van der Waals surface area contributed by atoms with Crippen molar-refractivity contribution in [2.45, 2.75) is 56.4 Å². The summed E-state index contributed by atoms with van der Waals surface area (Å²) in [5.41, 5.74) is 5.79. The molecule has 148 valence electrons. The molecule has 1 unspecified atom stereocenters. The van der Waals surface area contributed by atoms with E-state index in [2.05, 4.69) is 27.8 Å². The van der Waals surface area contributed by atoms with E-state index in [9.17, 15) is 9.00 Å². The number of benzene rings is 1. The van der Waals surface area contributed by atoms with Gasteiger partial charge in [0.2, 0.25) is 5.88 Å². The Morgan fingerprint density at radius 2 is 2.21 bits per heavy atom. The molecule has 28 heavy (non-hydrogen) atoms. The van der Waals surface area contributed by atoms with Crippen LogP contribution in [0.5, 0.6) is 5.88 Å². The molecule has 0 saturated carbocycles. The van der Waals surface area contributed by atoms with E-state index >= 15 is 0 Å². The summed E-state index contributed by atoms with van der Waals surface area (Å²) in [6.45, 7) is 4.51. The Bertz CT molecular complexity index is 1130. The molecule has 5 rings (SSSR count). The highest BCUT2D eigenvalue weighted by atomic mass is 32.2. The first-order valence-electron chi connectivity index (χ1n) is 9.59. The standard InChI is InChI=1S/C19H23N5O3S/c1-10-6-13-7-12-4-3-5-14(12)17(16(10)13)22-19(25)23-28(20,26)15-8-21-24-11(2)9-27-18(15)24/h7-8,10-11H,3-6,9H2,1-2H3,(H3,20,22,23,25,26)/t10-,11+,28?/m1/s1. The van der Waals surface area contributed by atoms with Crippen molar-refractivity contribution in [2.24, 2.45) is 9.50 Å². The summed E-state index contributed by atoms with van der Waals surface area (Å²) in [6, 6.07) is 1.60. The van der Waals surface area contributed by atoms with E-state index in [1.165, 1.54) is 28.5 Å². The molecule has 0 radical (unpaired) electrons. The summed E-state index contributed by atoms with van der Waals surface area (Å²) in [5.74, 6) is 0.724. The Kier molecular flexibility index (Phi) is 3.82. The van der Waals surface area contributed by atoms with Crippen LogP contribution in [0.1, 0.15) is 54.5 Å². The normalized spacial score (nSPS) is 23.7. The number of urea groups is 1. The zero-order valence-electron chi connectivity index (χ0n) is 15.9. The van der Waals surface area contributed by atoms with Gasteiger partial charge in [0.15, 0.2) is 9.92 Å². The highest BCUT2D eigenvalue weighted by Gasteiger charge is 2.32. The lowest BCUT2D eigenvalue weighted by atomic mass is 9.75. The first kappa shape index (κ1) is 17.7. The minimum atomic E-state index is -3.46. The Morgan fingerprint density at radius 1 is 1.39 bits per heavy atom. The molecular weight excluding hydrogens is 378 g/mol. The maximum Gasteiger partial charge on any atom is 0.354 e. The van der Waals surface area contributed by atoms with Gasteiger partial charge in [-0.05, 0) is 60.8 Å². The molecule has 1 aromatic heterocycles. The summed E-state index contributed by atoms with van der Waals surface area (Å²) in [6.07, 6.45) is 5.44. The lowest BCUT2D eigenvalue weighted by molar-refractivity contribution is 0.260. The molecule has 2 aromatic rings. The van der Waals surface area contributed by atoms with Crippen molar-refractivity contribution in [3.05, 3.63) is 34.5 Å². The fourth-order valence-corrected chi connectivity index (χ4v) is 5.55. The second-order valence-corrected chi connectivity index (χ2v) is 9.69. The number of aromatic nitrogens is 2. The van der Waals surface area contributed by atoms with Gasteiger partial charge in [0.25, 0.3) is 0 Å². The maximum absolute atomic E-state index is 13.0. The van der Waals surface area contributed by atoms with Gasteiger partial charge in [-0.1, -0.05) is 13.0 Å². The van der Waals surface area contributed by atoms with Gasteiger partial charge in [-0.2, -0.15) is 5.10 Å². The van der Waals surface area contributed by atoms with Gasteiger partial charge in [-0.3, -0.25) is 0 Å². The molecule has 3 N–H and O–H groups in total. The van der Waals surface area contributed by atoms with Gasteiger partial charge in [0.1, 0.15) is 11.5 Å². The third-order valence-corrected chi connectivity index (χ3v) is 7.25. The molecular formula is C19H23N5O3S. The minimum absolute atomic E-state index is 0.0278. The zero-order chi connectivity index (χ0) is 19.6. The summed E-state index contributed by atoms with van der Waals surface area (Å²) < 4.78 is 24.0. The van der Waals surface area contributed by atoms with Crippen LogP contribution in [0.25, 0.3) is 0 Å². The van der Waals surface area contributed by atoms with Crippen molar-refractivity contribution in [3.8, 4) is 5.88 Å². The summed E-state index contributed by atoms with van der Waals surface area (Å²) in [5, 5.41) is 13.0. The van der Waals surface area contributed by atoms with Crippen LogP contribution in [-0.4, -0.2) is 26.6 Å². The molecule has 2 amide bonds. The van der Waals surface area contributed by atoms with Crippen LogP contribution in [0.3, 0.4) is 0 Å². The minimum Gasteiger partial charge on any atom is -0.475 e. The molecule has 3 aliphatic rings. The van der Waals surface area contributed by atoms with E-state index in [1.54, 1.807) is 4.68 Å². The molecule has 2 heterocycles. The Labute approximate surface area is 163 Å². The van der Waals surface area contributed by atoms with E-state index in [-0.39, 0.29) is 10.9 Å². The van der Waals surface area contributed by atoms with E-state index in [1.807, 2.05) is 6.92 Å². The number of hydrogen-bond acceptors (Lipinski definition) is 4. The molecule has 1 aliphatic heterocycles. The van der Waals surface area contributed by atoms with Crippen LogP contribution in [0.2, 0.25) is 0 Å². The molecule has 1 aromatic carbocycles. The SMILES string of the molecule is C[C@@H]1Cc2cc3c(c(NC(=O)N=S(N)(=O)c4cnn5c4OC[C@@H]5C)c21)CCC3. The average molecular weight is 401 g/mol. The second-order valence-electron chi connectivity index (χ2n) is 7.93. The number of carbonyl (C=O) groups excluding carboxylic acids is 1. The number of amides is 2. The van der Waals surface area contributed by atoms with Gasteiger partial charge < -0.3 is 10.1 Å². The molecule has 0 spiro atoms. The van der Waals surface area contributed by atoms with Gasteiger partial charge in [0.05, 0.1) is 12.2 Å². The number of anilines is 1. The van der Waals surface area contributed by atoms with Crippen molar-refractivity contribution >= 4 is 21.6 Å². The maximum atomic E-state index is 13.0. The number of nitrogens with one attached hydrogen (secondary N) is 1. The second kappa shape index (κ2) is 6.05. The van der Waals surface area contributed by atoms with Crippen molar-refractivity contribution < 1.29 is 13.7 Å². The van der Waals surface area contributed by atoms with Crippen molar-refractivity contribution in [1.82, 2.24) is 9.78 Å². The van der Waals surface area contributed by atoms with Gasteiger partial charge >= 0.3 is 6.03 Å². The van der Waals surface area contributed by atoms with Crippen LogP contribution >= 0.6 is 0 Å². The lowest BCUT2D eigenvalue weighted by Gasteiger charge is -2.31. The number of nitrogens with zero attached hydrogens (tertiary/aromatic N) is 3.